The van der Waals surface area contributed by atoms with Gasteiger partial charge >= 0.3 is 0 Å². The molecule has 66 valence electrons. The molecular formula is C6H12Cl2N2S. The van der Waals surface area contributed by atoms with E-state index in [4.69, 9.17) is 5.73 Å². The molecule has 2 nitrogen and oxygen atoms in total. The highest BCUT2D eigenvalue weighted by atomic mass is 35.5. The maximum Gasteiger partial charge on any atom is 0.109 e. The second-order valence-corrected chi connectivity index (χ2v) is 3.03. The van der Waals surface area contributed by atoms with Gasteiger partial charge in [-0.2, -0.15) is 0 Å². The van der Waals surface area contributed by atoms with Gasteiger partial charge in [0.25, 0.3) is 0 Å². The van der Waals surface area contributed by atoms with Gasteiger partial charge in [-0.1, -0.05) is 6.92 Å². The lowest BCUT2D eigenvalue weighted by atomic mass is 10.5. The highest BCUT2D eigenvalue weighted by Gasteiger charge is 1.99. The first-order valence-electron chi connectivity index (χ1n) is 2.95. The molecule has 0 saturated carbocycles. The molecule has 5 heteroatoms. The first-order valence-corrected chi connectivity index (χ1v) is 3.77. The molecule has 0 radical (unpaired) electrons. The van der Waals surface area contributed by atoms with Crippen LogP contribution in [-0.2, 0) is 6.42 Å². The van der Waals surface area contributed by atoms with Gasteiger partial charge < -0.3 is 5.73 Å². The van der Waals surface area contributed by atoms with Crippen molar-refractivity contribution in [3.05, 3.63) is 10.7 Å². The molecule has 0 aliphatic carbocycles. The second-order valence-electron chi connectivity index (χ2n) is 1.91. The van der Waals surface area contributed by atoms with Crippen LogP contribution in [0, 0.1) is 6.92 Å². The number of rotatable bonds is 1. The van der Waals surface area contributed by atoms with Crippen LogP contribution in [0.4, 0.5) is 5.00 Å². The minimum absolute atomic E-state index is 0. The quantitative estimate of drug-likeness (QED) is 0.781. The van der Waals surface area contributed by atoms with Gasteiger partial charge in [0, 0.05) is 0 Å². The molecule has 0 amide bonds. The highest BCUT2D eigenvalue weighted by Crippen LogP contribution is 2.19. The van der Waals surface area contributed by atoms with E-state index in [9.17, 15) is 0 Å². The van der Waals surface area contributed by atoms with Crippen LogP contribution in [0.1, 0.15) is 17.6 Å². The molecule has 0 aliphatic heterocycles. The maximum absolute atomic E-state index is 5.57. The second kappa shape index (κ2) is 5.63. The van der Waals surface area contributed by atoms with Crippen molar-refractivity contribution in [1.29, 1.82) is 0 Å². The Morgan fingerprint density at radius 2 is 2.00 bits per heavy atom. The Kier molecular flexibility index (Phi) is 6.96. The number of halogens is 2. The number of nitrogens with two attached hydrogens (primary N) is 1. The Labute approximate surface area is 83.0 Å². The third-order valence-corrected chi connectivity index (χ3v) is 2.31. The van der Waals surface area contributed by atoms with Crippen LogP contribution < -0.4 is 5.73 Å². The third kappa shape index (κ3) is 3.27. The summed E-state index contributed by atoms with van der Waals surface area (Å²) >= 11 is 1.58. The van der Waals surface area contributed by atoms with E-state index in [-0.39, 0.29) is 24.8 Å². The van der Waals surface area contributed by atoms with E-state index in [0.717, 1.165) is 22.1 Å². The molecule has 0 atom stereocenters. The molecule has 0 aliphatic rings. The lowest BCUT2D eigenvalue weighted by molar-refractivity contribution is 1.07. The van der Waals surface area contributed by atoms with Gasteiger partial charge in [-0.25, -0.2) is 4.98 Å². The van der Waals surface area contributed by atoms with Gasteiger partial charge in [0.2, 0.25) is 0 Å². The standard InChI is InChI=1S/C6H10N2S.2ClH/c1-3-5-8-4(2)6(7)9-5;;/h3,7H2,1-2H3;2*1H. The monoisotopic (exact) mass is 214 g/mol. The van der Waals surface area contributed by atoms with Gasteiger partial charge in [-0.05, 0) is 13.3 Å². The molecule has 0 aromatic carbocycles. The van der Waals surface area contributed by atoms with E-state index in [1.165, 1.54) is 0 Å². The molecule has 11 heavy (non-hydrogen) atoms. The molecule has 0 saturated heterocycles. The van der Waals surface area contributed by atoms with E-state index in [1.807, 2.05) is 6.92 Å². The number of hydrogen-bond donors (Lipinski definition) is 1. The number of thiazole rings is 1. The fourth-order valence-electron chi connectivity index (χ4n) is 0.617. The van der Waals surface area contributed by atoms with Gasteiger partial charge in [0.15, 0.2) is 0 Å². The lowest BCUT2D eigenvalue weighted by Gasteiger charge is -1.79. The smallest absolute Gasteiger partial charge is 0.109 e. The number of aryl methyl sites for hydroxylation is 2. The van der Waals surface area contributed by atoms with Crippen molar-refractivity contribution >= 4 is 41.2 Å². The van der Waals surface area contributed by atoms with Crippen molar-refractivity contribution in [2.24, 2.45) is 0 Å². The zero-order valence-electron chi connectivity index (χ0n) is 6.46. The summed E-state index contributed by atoms with van der Waals surface area (Å²) in [6, 6.07) is 0. The summed E-state index contributed by atoms with van der Waals surface area (Å²) in [6.45, 7) is 4.02. The first-order chi connectivity index (χ1) is 4.24. The van der Waals surface area contributed by atoms with E-state index in [1.54, 1.807) is 11.3 Å². The summed E-state index contributed by atoms with van der Waals surface area (Å²) in [7, 11) is 0. The number of nitrogens with zero attached hydrogens (tertiary/aromatic N) is 1. The van der Waals surface area contributed by atoms with Crippen LogP contribution >= 0.6 is 36.2 Å². The Morgan fingerprint density at radius 3 is 2.18 bits per heavy atom. The molecule has 0 spiro atoms. The summed E-state index contributed by atoms with van der Waals surface area (Å²) in [5.74, 6) is 0. The summed E-state index contributed by atoms with van der Waals surface area (Å²) in [4.78, 5) is 4.22. The third-order valence-electron chi connectivity index (χ3n) is 1.18. The Bertz CT molecular complexity index is 193. The molecule has 1 aromatic rings. The predicted molar refractivity (Wildman–Crippen MR) is 55.1 cm³/mol. The minimum atomic E-state index is 0. The van der Waals surface area contributed by atoms with E-state index >= 15 is 0 Å². The van der Waals surface area contributed by atoms with Gasteiger partial charge in [0.05, 0.1) is 10.7 Å². The topological polar surface area (TPSA) is 38.9 Å². The average Bonchev–Trinajstić information content (AvgIpc) is 2.13. The van der Waals surface area contributed by atoms with E-state index in [0.29, 0.717) is 0 Å². The SMILES string of the molecule is CCc1nc(C)c(N)s1.Cl.Cl. The summed E-state index contributed by atoms with van der Waals surface area (Å²) in [5, 5.41) is 1.98. The normalized spacial score (nSPS) is 8.18. The zero-order valence-corrected chi connectivity index (χ0v) is 8.91. The van der Waals surface area contributed by atoms with E-state index < -0.39 is 0 Å². The average molecular weight is 215 g/mol. The number of hydrogen-bond acceptors (Lipinski definition) is 3. The zero-order chi connectivity index (χ0) is 6.85. The van der Waals surface area contributed by atoms with Crippen molar-refractivity contribution in [3.63, 3.8) is 0 Å². The van der Waals surface area contributed by atoms with E-state index in [2.05, 4.69) is 11.9 Å². The van der Waals surface area contributed by atoms with Crippen molar-refractivity contribution in [2.75, 3.05) is 5.73 Å². The van der Waals surface area contributed by atoms with Crippen molar-refractivity contribution in [3.8, 4) is 0 Å². The van der Waals surface area contributed by atoms with Crippen LogP contribution in [0.5, 0.6) is 0 Å². The van der Waals surface area contributed by atoms with Crippen molar-refractivity contribution < 1.29 is 0 Å². The molecule has 0 fully saturated rings. The Morgan fingerprint density at radius 1 is 1.45 bits per heavy atom. The first kappa shape index (κ1) is 13.6. The van der Waals surface area contributed by atoms with Crippen LogP contribution in [0.2, 0.25) is 0 Å². The van der Waals surface area contributed by atoms with Crippen molar-refractivity contribution in [2.45, 2.75) is 20.3 Å². The van der Waals surface area contributed by atoms with Crippen LogP contribution in [0.25, 0.3) is 0 Å². The summed E-state index contributed by atoms with van der Waals surface area (Å²) in [6.07, 6.45) is 0.989. The molecular weight excluding hydrogens is 203 g/mol. The molecule has 1 rings (SSSR count). The minimum Gasteiger partial charge on any atom is -0.389 e. The summed E-state index contributed by atoms with van der Waals surface area (Å²) in [5.41, 5.74) is 6.54. The summed E-state index contributed by atoms with van der Waals surface area (Å²) < 4.78 is 0. The molecule has 1 heterocycles. The molecule has 1 aromatic heterocycles. The number of nitrogen functional groups attached to an aromatic ring is 1. The number of aromatic nitrogens is 1. The Balaban J connectivity index is 0. The van der Waals surface area contributed by atoms with Gasteiger partial charge in [-0.3, -0.25) is 0 Å². The Hall–Kier alpha value is 0.01000. The largest absolute Gasteiger partial charge is 0.389 e. The van der Waals surface area contributed by atoms with Gasteiger partial charge in [-0.15, -0.1) is 36.2 Å². The van der Waals surface area contributed by atoms with Crippen LogP contribution in [0.15, 0.2) is 0 Å². The maximum atomic E-state index is 5.57. The van der Waals surface area contributed by atoms with Gasteiger partial charge in [0.1, 0.15) is 5.00 Å². The number of anilines is 1. The van der Waals surface area contributed by atoms with Crippen LogP contribution in [0.3, 0.4) is 0 Å². The highest BCUT2D eigenvalue weighted by molar-refractivity contribution is 7.15. The lowest BCUT2D eigenvalue weighted by Crippen LogP contribution is -1.81. The molecule has 0 unspecified atom stereocenters. The molecule has 2 N–H and O–H groups in total. The van der Waals surface area contributed by atoms with Crippen molar-refractivity contribution in [1.82, 2.24) is 4.98 Å². The van der Waals surface area contributed by atoms with Crippen LogP contribution in [-0.4, -0.2) is 4.98 Å². The molecule has 0 bridgehead atoms. The fourth-order valence-corrected chi connectivity index (χ4v) is 1.39. The fraction of sp³-hybridized carbons (Fsp3) is 0.500. The predicted octanol–water partition coefficient (Wildman–Crippen LogP) is 2.44.